The maximum absolute atomic E-state index is 12.4. The van der Waals surface area contributed by atoms with Crippen LogP contribution in [-0.2, 0) is 4.74 Å². The third-order valence-corrected chi connectivity index (χ3v) is 5.70. The lowest BCUT2D eigenvalue weighted by Crippen LogP contribution is -2.17. The van der Waals surface area contributed by atoms with Crippen LogP contribution in [0.5, 0.6) is 0 Å². The maximum Gasteiger partial charge on any atom is 0.258 e. The monoisotopic (exact) mass is 484 g/mol. The molecule has 1 fully saturated rings. The van der Waals surface area contributed by atoms with E-state index in [1.165, 1.54) is 0 Å². The van der Waals surface area contributed by atoms with Crippen molar-refractivity contribution in [2.45, 2.75) is 18.8 Å². The topological polar surface area (TPSA) is 55.0 Å². The summed E-state index contributed by atoms with van der Waals surface area (Å²) in [5, 5.41) is 2.70. The molecule has 1 aliphatic heterocycles. The summed E-state index contributed by atoms with van der Waals surface area (Å²) in [6, 6.07) is 6.10. The lowest BCUT2D eigenvalue weighted by Gasteiger charge is -2.23. The molecule has 6 heteroatoms. The molecule has 1 N–H and O–H groups in total. The molecule has 2 aromatic heterocycles. The average Bonchev–Trinajstić information content (AvgIpc) is 2.57. The van der Waals surface area contributed by atoms with Gasteiger partial charge in [-0.05, 0) is 53.0 Å². The highest BCUT2D eigenvalue weighted by molar-refractivity contribution is 14.1. The molecule has 118 valence electrons. The van der Waals surface area contributed by atoms with Gasteiger partial charge < -0.3 is 9.72 Å². The number of halogens is 2. The first-order chi connectivity index (χ1) is 11.1. The smallest absolute Gasteiger partial charge is 0.258 e. The zero-order chi connectivity index (χ0) is 16.0. The Morgan fingerprint density at radius 2 is 2.04 bits per heavy atom. The number of rotatable bonds is 1. The number of aromatic amines is 1. The van der Waals surface area contributed by atoms with E-state index in [9.17, 15) is 4.79 Å². The van der Waals surface area contributed by atoms with E-state index in [0.29, 0.717) is 11.3 Å². The van der Waals surface area contributed by atoms with Crippen LogP contribution in [0.2, 0.25) is 0 Å². The van der Waals surface area contributed by atoms with Crippen LogP contribution in [0.1, 0.15) is 24.5 Å². The number of hydrogen-bond acceptors (Lipinski definition) is 3. The molecule has 0 radical (unpaired) electrons. The zero-order valence-corrected chi connectivity index (χ0v) is 16.0. The second-order valence-electron chi connectivity index (χ2n) is 5.76. The fourth-order valence-corrected chi connectivity index (χ4v) is 4.17. The van der Waals surface area contributed by atoms with Gasteiger partial charge in [0.1, 0.15) is 0 Å². The van der Waals surface area contributed by atoms with E-state index in [2.05, 4.69) is 49.6 Å². The largest absolute Gasteiger partial charge is 0.381 e. The van der Waals surface area contributed by atoms with Gasteiger partial charge in [0.25, 0.3) is 5.56 Å². The fourth-order valence-electron chi connectivity index (χ4n) is 3.27. The van der Waals surface area contributed by atoms with Crippen LogP contribution in [0, 0.1) is 3.57 Å². The van der Waals surface area contributed by atoms with Crippen LogP contribution in [0.25, 0.3) is 21.7 Å². The number of nitrogens with zero attached hydrogens (tertiary/aromatic N) is 1. The Labute approximate surface area is 154 Å². The second kappa shape index (κ2) is 6.14. The number of aromatic nitrogens is 2. The number of ether oxygens (including phenoxy) is 1. The van der Waals surface area contributed by atoms with Gasteiger partial charge in [-0.2, -0.15) is 0 Å². The molecule has 0 unspecified atom stereocenters. The summed E-state index contributed by atoms with van der Waals surface area (Å²) in [5.41, 5.74) is 1.79. The summed E-state index contributed by atoms with van der Waals surface area (Å²) in [4.78, 5) is 20.1. The highest BCUT2D eigenvalue weighted by atomic mass is 127. The highest BCUT2D eigenvalue weighted by Crippen LogP contribution is 2.35. The minimum absolute atomic E-state index is 0.0884. The normalized spacial score (nSPS) is 16.3. The number of hydrogen-bond donors (Lipinski definition) is 1. The van der Waals surface area contributed by atoms with Crippen LogP contribution in [0.4, 0.5) is 0 Å². The van der Waals surface area contributed by atoms with Gasteiger partial charge in [-0.25, -0.2) is 0 Å². The predicted octanol–water partition coefficient (Wildman–Crippen LogP) is 4.34. The molecule has 1 saturated heterocycles. The molecule has 3 aromatic rings. The molecule has 4 rings (SSSR count). The van der Waals surface area contributed by atoms with Crippen molar-refractivity contribution in [3.8, 4) is 0 Å². The van der Waals surface area contributed by atoms with Crippen LogP contribution in [0.3, 0.4) is 0 Å². The maximum atomic E-state index is 12.4. The Bertz CT molecular complexity index is 964. The number of benzene rings is 1. The summed E-state index contributed by atoms with van der Waals surface area (Å²) in [6.45, 7) is 1.55. The molecule has 0 saturated carbocycles. The van der Waals surface area contributed by atoms with Gasteiger partial charge >= 0.3 is 0 Å². The van der Waals surface area contributed by atoms with Crippen LogP contribution in [0.15, 0.2) is 33.7 Å². The van der Waals surface area contributed by atoms with E-state index in [-0.39, 0.29) is 5.56 Å². The van der Waals surface area contributed by atoms with Crippen LogP contribution >= 0.6 is 38.5 Å². The first-order valence-electron chi connectivity index (χ1n) is 7.53. The average molecular weight is 485 g/mol. The summed E-state index contributed by atoms with van der Waals surface area (Å²) >= 11 is 5.76. The summed E-state index contributed by atoms with van der Waals surface area (Å²) in [6.07, 6.45) is 3.68. The Hall–Kier alpha value is -0.990. The van der Waals surface area contributed by atoms with Crippen molar-refractivity contribution in [3.05, 3.63) is 48.5 Å². The van der Waals surface area contributed by atoms with Crippen molar-refractivity contribution in [2.75, 3.05) is 13.2 Å². The SMILES string of the molecule is O=c1[nH]cc(I)c2nc(C3CCOCC3)c3ccc(Br)cc3c12. The quantitative estimate of drug-likeness (QED) is 0.413. The molecule has 23 heavy (non-hydrogen) atoms. The number of nitrogens with one attached hydrogen (secondary N) is 1. The molecule has 0 amide bonds. The molecule has 0 bridgehead atoms. The third kappa shape index (κ3) is 2.70. The Balaban J connectivity index is 2.13. The lowest BCUT2D eigenvalue weighted by atomic mass is 9.91. The van der Waals surface area contributed by atoms with Crippen molar-refractivity contribution in [1.82, 2.24) is 9.97 Å². The van der Waals surface area contributed by atoms with E-state index >= 15 is 0 Å². The molecule has 4 nitrogen and oxygen atoms in total. The van der Waals surface area contributed by atoms with Crippen LogP contribution < -0.4 is 5.56 Å². The molecule has 1 aliphatic rings. The molecular weight excluding hydrogens is 471 g/mol. The molecule has 3 heterocycles. The van der Waals surface area contributed by atoms with Crippen molar-refractivity contribution in [2.24, 2.45) is 0 Å². The Morgan fingerprint density at radius 3 is 2.83 bits per heavy atom. The van der Waals surface area contributed by atoms with Crippen molar-refractivity contribution in [1.29, 1.82) is 0 Å². The molecular formula is C17H14BrIN2O2. The summed E-state index contributed by atoms with van der Waals surface area (Å²) < 4.78 is 7.42. The summed E-state index contributed by atoms with van der Waals surface area (Å²) in [5.74, 6) is 0.381. The number of H-pyrrole nitrogens is 1. The van der Waals surface area contributed by atoms with Gasteiger partial charge in [0.2, 0.25) is 0 Å². The van der Waals surface area contributed by atoms with Gasteiger partial charge in [-0.3, -0.25) is 9.78 Å². The van der Waals surface area contributed by atoms with Crippen molar-refractivity contribution >= 4 is 60.2 Å². The van der Waals surface area contributed by atoms with Crippen molar-refractivity contribution < 1.29 is 4.74 Å². The van der Waals surface area contributed by atoms with E-state index in [4.69, 9.17) is 9.72 Å². The second-order valence-corrected chi connectivity index (χ2v) is 7.84. The first-order valence-corrected chi connectivity index (χ1v) is 9.40. The predicted molar refractivity (Wildman–Crippen MR) is 103 cm³/mol. The number of fused-ring (bicyclic) bond motifs is 3. The first kappa shape index (κ1) is 15.5. The number of pyridine rings is 2. The van der Waals surface area contributed by atoms with Gasteiger partial charge in [0.15, 0.2) is 0 Å². The third-order valence-electron chi connectivity index (χ3n) is 4.39. The van der Waals surface area contributed by atoms with Crippen molar-refractivity contribution in [3.63, 3.8) is 0 Å². The minimum Gasteiger partial charge on any atom is -0.381 e. The standard InChI is InChI=1S/C17H14BrIN2O2/c18-10-1-2-11-12(7-10)14-16(13(19)8-20-17(14)22)21-15(11)9-3-5-23-6-4-9/h1-2,7-9H,3-6H2,(H,20,22). The molecule has 0 spiro atoms. The van der Waals surface area contributed by atoms with Crippen LogP contribution in [-0.4, -0.2) is 23.2 Å². The summed E-state index contributed by atoms with van der Waals surface area (Å²) in [7, 11) is 0. The zero-order valence-electron chi connectivity index (χ0n) is 12.2. The van der Waals surface area contributed by atoms with Gasteiger partial charge in [0, 0.05) is 35.2 Å². The fraction of sp³-hybridized carbons (Fsp3) is 0.294. The van der Waals surface area contributed by atoms with E-state index in [0.717, 1.165) is 56.1 Å². The van der Waals surface area contributed by atoms with Gasteiger partial charge in [-0.1, -0.05) is 22.0 Å². The lowest BCUT2D eigenvalue weighted by molar-refractivity contribution is 0.0849. The van der Waals surface area contributed by atoms with E-state index < -0.39 is 0 Å². The van der Waals surface area contributed by atoms with E-state index in [1.807, 2.05) is 12.1 Å². The Morgan fingerprint density at radius 1 is 1.26 bits per heavy atom. The minimum atomic E-state index is -0.0884. The Kier molecular flexibility index (Phi) is 4.15. The molecule has 0 aliphatic carbocycles. The highest BCUT2D eigenvalue weighted by Gasteiger charge is 2.22. The van der Waals surface area contributed by atoms with Gasteiger partial charge in [0.05, 0.1) is 20.2 Å². The van der Waals surface area contributed by atoms with Gasteiger partial charge in [-0.15, -0.1) is 0 Å². The molecule has 0 atom stereocenters. The molecule has 1 aromatic carbocycles. The van der Waals surface area contributed by atoms with E-state index in [1.54, 1.807) is 6.20 Å².